The summed E-state index contributed by atoms with van der Waals surface area (Å²) < 4.78 is 36.9. The molecule has 7 nitrogen and oxygen atoms in total. The third-order valence-corrected chi connectivity index (χ3v) is 5.72. The van der Waals surface area contributed by atoms with E-state index in [1.54, 1.807) is 13.0 Å². The van der Waals surface area contributed by atoms with Gasteiger partial charge < -0.3 is 10.3 Å². The van der Waals surface area contributed by atoms with Gasteiger partial charge in [0.05, 0.1) is 17.2 Å². The minimum atomic E-state index is -3.14. The Bertz CT molecular complexity index is 1000. The summed E-state index contributed by atoms with van der Waals surface area (Å²) in [4.78, 5) is 30.1. The van der Waals surface area contributed by atoms with Crippen molar-refractivity contribution in [3.63, 3.8) is 0 Å². The van der Waals surface area contributed by atoms with E-state index in [0.717, 1.165) is 5.56 Å². The molecule has 3 rings (SSSR count). The second kappa shape index (κ2) is 6.40. The Morgan fingerprint density at radius 2 is 2.12 bits per heavy atom. The van der Waals surface area contributed by atoms with Gasteiger partial charge in [0.2, 0.25) is 0 Å². The van der Waals surface area contributed by atoms with Gasteiger partial charge in [-0.15, -0.1) is 0 Å². The summed E-state index contributed by atoms with van der Waals surface area (Å²) >= 11 is 0. The van der Waals surface area contributed by atoms with E-state index < -0.39 is 33.3 Å². The first-order valence-corrected chi connectivity index (χ1v) is 9.45. The molecule has 1 aliphatic rings. The van der Waals surface area contributed by atoms with Gasteiger partial charge in [-0.1, -0.05) is 11.6 Å². The van der Waals surface area contributed by atoms with E-state index >= 15 is 0 Å². The molecule has 0 saturated carbocycles. The van der Waals surface area contributed by atoms with Gasteiger partial charge in [-0.25, -0.2) is 17.6 Å². The molecule has 1 saturated heterocycles. The normalized spacial score (nSPS) is 18.9. The van der Waals surface area contributed by atoms with Gasteiger partial charge in [0.1, 0.15) is 11.5 Å². The molecule has 132 valence electrons. The first kappa shape index (κ1) is 17.3. The Hall–Kier alpha value is -2.55. The highest BCUT2D eigenvalue weighted by atomic mass is 32.2. The lowest BCUT2D eigenvalue weighted by Crippen LogP contribution is -2.37. The number of aromatic amines is 1. The van der Waals surface area contributed by atoms with E-state index in [-0.39, 0.29) is 28.5 Å². The smallest absolute Gasteiger partial charge is 0.346 e. The molecule has 0 aliphatic carbocycles. The molecule has 2 aromatic rings. The Morgan fingerprint density at radius 3 is 2.80 bits per heavy atom. The predicted octanol–water partition coefficient (Wildman–Crippen LogP) is 0.801. The average molecular weight is 365 g/mol. The molecule has 0 bridgehead atoms. The third-order valence-electron chi connectivity index (χ3n) is 3.95. The van der Waals surface area contributed by atoms with Crippen LogP contribution in [-0.2, 0) is 9.84 Å². The van der Waals surface area contributed by atoms with E-state index in [0.29, 0.717) is 6.42 Å². The van der Waals surface area contributed by atoms with Crippen LogP contribution in [0.3, 0.4) is 0 Å². The SMILES string of the molecule is Cc1ccc(F)c(-c2cc(C(=O)NC3CCS(=O)(=O)C3)[nH]c(=O)n2)c1. The van der Waals surface area contributed by atoms with E-state index in [1.807, 2.05) is 0 Å². The number of hydrogen-bond acceptors (Lipinski definition) is 5. The van der Waals surface area contributed by atoms with Crippen molar-refractivity contribution in [3.8, 4) is 11.3 Å². The van der Waals surface area contributed by atoms with Crippen molar-refractivity contribution in [1.29, 1.82) is 0 Å². The summed E-state index contributed by atoms with van der Waals surface area (Å²) in [6, 6.07) is 5.14. The van der Waals surface area contributed by atoms with Gasteiger partial charge in [0, 0.05) is 11.6 Å². The number of sulfone groups is 1. The molecular formula is C16H16FN3O4S. The van der Waals surface area contributed by atoms with Crippen LogP contribution in [0.15, 0.2) is 29.1 Å². The maximum atomic E-state index is 14.0. The second-order valence-electron chi connectivity index (χ2n) is 6.04. The minimum Gasteiger partial charge on any atom is -0.347 e. The van der Waals surface area contributed by atoms with Crippen LogP contribution in [0.25, 0.3) is 11.3 Å². The molecule has 25 heavy (non-hydrogen) atoms. The van der Waals surface area contributed by atoms with E-state index in [1.165, 1.54) is 18.2 Å². The molecule has 2 N–H and O–H groups in total. The number of benzene rings is 1. The summed E-state index contributed by atoms with van der Waals surface area (Å²) in [7, 11) is -3.14. The second-order valence-corrected chi connectivity index (χ2v) is 8.27. The van der Waals surface area contributed by atoms with Crippen LogP contribution in [0.2, 0.25) is 0 Å². The zero-order valence-corrected chi connectivity index (χ0v) is 14.2. The van der Waals surface area contributed by atoms with Gasteiger partial charge in [0.25, 0.3) is 5.91 Å². The number of carbonyl (C=O) groups excluding carboxylic acids is 1. The Morgan fingerprint density at radius 1 is 1.36 bits per heavy atom. The highest BCUT2D eigenvalue weighted by Crippen LogP contribution is 2.21. The minimum absolute atomic E-state index is 0.0184. The number of carbonyl (C=O) groups is 1. The fourth-order valence-electron chi connectivity index (χ4n) is 2.73. The Balaban J connectivity index is 1.90. The Kier molecular flexibility index (Phi) is 4.42. The van der Waals surface area contributed by atoms with Crippen LogP contribution in [0.4, 0.5) is 4.39 Å². The summed E-state index contributed by atoms with van der Waals surface area (Å²) in [6.07, 6.45) is 0.322. The lowest BCUT2D eigenvalue weighted by molar-refractivity contribution is 0.0935. The molecule has 0 spiro atoms. The number of H-pyrrole nitrogens is 1. The zero-order chi connectivity index (χ0) is 18.2. The molecule has 9 heteroatoms. The number of aromatic nitrogens is 2. The fourth-order valence-corrected chi connectivity index (χ4v) is 4.40. The topological polar surface area (TPSA) is 109 Å². The van der Waals surface area contributed by atoms with Crippen molar-refractivity contribution in [3.05, 3.63) is 51.8 Å². The average Bonchev–Trinajstić information content (AvgIpc) is 2.87. The first-order valence-electron chi connectivity index (χ1n) is 7.63. The molecule has 2 heterocycles. The number of nitrogens with one attached hydrogen (secondary N) is 2. The standard InChI is InChI=1S/C16H16FN3O4S/c1-9-2-3-12(17)11(6-9)13-7-14(20-16(22)19-13)15(21)18-10-4-5-25(23,24)8-10/h2-3,6-7,10H,4-5,8H2,1H3,(H,18,21)(H,19,20,22). The summed E-state index contributed by atoms with van der Waals surface area (Å²) in [5.74, 6) is -1.30. The molecule has 1 atom stereocenters. The number of hydrogen-bond donors (Lipinski definition) is 2. The predicted molar refractivity (Wildman–Crippen MR) is 89.5 cm³/mol. The van der Waals surface area contributed by atoms with E-state index in [9.17, 15) is 22.4 Å². The van der Waals surface area contributed by atoms with Crippen molar-refractivity contribution in [1.82, 2.24) is 15.3 Å². The van der Waals surface area contributed by atoms with Gasteiger partial charge in [-0.2, -0.15) is 4.98 Å². The number of aryl methyl sites for hydroxylation is 1. The molecule has 1 aromatic carbocycles. The van der Waals surface area contributed by atoms with Gasteiger partial charge in [0.15, 0.2) is 9.84 Å². The van der Waals surface area contributed by atoms with Crippen LogP contribution in [0, 0.1) is 12.7 Å². The molecule has 1 amide bonds. The fraction of sp³-hybridized carbons (Fsp3) is 0.312. The van der Waals surface area contributed by atoms with Crippen molar-refractivity contribution >= 4 is 15.7 Å². The number of amides is 1. The first-order chi connectivity index (χ1) is 11.7. The highest BCUT2D eigenvalue weighted by molar-refractivity contribution is 7.91. The van der Waals surface area contributed by atoms with E-state index in [2.05, 4.69) is 15.3 Å². The van der Waals surface area contributed by atoms with Crippen molar-refractivity contribution in [2.75, 3.05) is 11.5 Å². The zero-order valence-electron chi connectivity index (χ0n) is 13.4. The highest BCUT2D eigenvalue weighted by Gasteiger charge is 2.29. The largest absolute Gasteiger partial charge is 0.347 e. The van der Waals surface area contributed by atoms with Gasteiger partial charge >= 0.3 is 5.69 Å². The lowest BCUT2D eigenvalue weighted by atomic mass is 10.1. The van der Waals surface area contributed by atoms with Crippen molar-refractivity contribution in [2.45, 2.75) is 19.4 Å². The monoisotopic (exact) mass is 365 g/mol. The van der Waals surface area contributed by atoms with E-state index in [4.69, 9.17) is 0 Å². The Labute approximate surface area is 143 Å². The molecular weight excluding hydrogens is 349 g/mol. The van der Waals surface area contributed by atoms with Crippen LogP contribution >= 0.6 is 0 Å². The van der Waals surface area contributed by atoms with Crippen LogP contribution in [0.5, 0.6) is 0 Å². The summed E-state index contributed by atoms with van der Waals surface area (Å²) in [5.41, 5.74) is 0.0428. The maximum absolute atomic E-state index is 14.0. The van der Waals surface area contributed by atoms with Crippen LogP contribution in [-0.4, -0.2) is 41.8 Å². The quantitative estimate of drug-likeness (QED) is 0.836. The summed E-state index contributed by atoms with van der Waals surface area (Å²) in [6.45, 7) is 1.77. The summed E-state index contributed by atoms with van der Waals surface area (Å²) in [5, 5.41) is 2.57. The lowest BCUT2D eigenvalue weighted by Gasteiger charge is -2.11. The van der Waals surface area contributed by atoms with Gasteiger partial charge in [-0.3, -0.25) is 4.79 Å². The number of rotatable bonds is 3. The number of nitrogens with zero attached hydrogens (tertiary/aromatic N) is 1. The molecule has 0 radical (unpaired) electrons. The maximum Gasteiger partial charge on any atom is 0.346 e. The molecule has 1 aliphatic heterocycles. The van der Waals surface area contributed by atoms with Gasteiger partial charge in [-0.05, 0) is 31.5 Å². The molecule has 1 unspecified atom stereocenters. The number of halogens is 1. The van der Waals surface area contributed by atoms with Crippen LogP contribution in [0.1, 0.15) is 22.5 Å². The third kappa shape index (κ3) is 3.93. The molecule has 1 fully saturated rings. The van der Waals surface area contributed by atoms with Crippen molar-refractivity contribution < 1.29 is 17.6 Å². The molecule has 1 aromatic heterocycles. The van der Waals surface area contributed by atoms with Crippen LogP contribution < -0.4 is 11.0 Å². The van der Waals surface area contributed by atoms with Crippen molar-refractivity contribution in [2.24, 2.45) is 0 Å².